The molecule has 112 valence electrons. The van der Waals surface area contributed by atoms with Gasteiger partial charge >= 0.3 is 6.09 Å². The molecule has 0 unspecified atom stereocenters. The monoisotopic (exact) mass is 287 g/mol. The lowest BCUT2D eigenvalue weighted by atomic mass is 10.1. The van der Waals surface area contributed by atoms with Gasteiger partial charge in [0, 0.05) is 24.5 Å². The van der Waals surface area contributed by atoms with E-state index in [1.54, 1.807) is 4.90 Å². The Morgan fingerprint density at radius 1 is 1.14 bits per heavy atom. The maximum absolute atomic E-state index is 11.3. The highest BCUT2D eigenvalue weighted by Gasteiger charge is 2.42. The minimum Gasteiger partial charge on any atom is -0.465 e. The highest BCUT2D eigenvalue weighted by molar-refractivity contribution is 5.68. The van der Waals surface area contributed by atoms with Crippen LogP contribution in [0.15, 0.2) is 18.2 Å². The molecule has 5 heteroatoms. The summed E-state index contributed by atoms with van der Waals surface area (Å²) in [7, 11) is 0. The van der Waals surface area contributed by atoms with E-state index in [0.717, 1.165) is 31.6 Å². The molecule has 1 saturated carbocycles. The van der Waals surface area contributed by atoms with E-state index in [-0.39, 0.29) is 12.1 Å². The summed E-state index contributed by atoms with van der Waals surface area (Å²) >= 11 is 0. The van der Waals surface area contributed by atoms with Gasteiger partial charge in [0.2, 0.25) is 0 Å². The van der Waals surface area contributed by atoms with Crippen molar-refractivity contribution in [2.24, 2.45) is 0 Å². The number of nitrogens with zero attached hydrogens (tertiary/aromatic N) is 2. The van der Waals surface area contributed by atoms with Crippen LogP contribution in [0.5, 0.6) is 0 Å². The van der Waals surface area contributed by atoms with Gasteiger partial charge in [-0.15, -0.1) is 0 Å². The van der Waals surface area contributed by atoms with E-state index in [4.69, 9.17) is 5.73 Å². The minimum atomic E-state index is -0.766. The second kappa shape index (κ2) is 4.55. The Hall–Kier alpha value is -1.91. The highest BCUT2D eigenvalue weighted by atomic mass is 16.4. The standard InChI is InChI=1S/C16H21N3O2/c17-15-6-5-11(7-14(15)10-1-2-10)18-8-12-3-4-13(9-18)19(12)16(20)21/h5-7,10,12-13H,1-4,8-9,17H2,(H,20,21)/t12-,13+. The maximum Gasteiger partial charge on any atom is 0.407 e. The number of amides is 1. The van der Waals surface area contributed by atoms with Crippen molar-refractivity contribution in [2.45, 2.75) is 43.7 Å². The number of carbonyl (C=O) groups is 1. The van der Waals surface area contributed by atoms with Crippen molar-refractivity contribution in [3.63, 3.8) is 0 Å². The van der Waals surface area contributed by atoms with E-state index in [1.165, 1.54) is 24.1 Å². The number of rotatable bonds is 2. The molecule has 2 atom stereocenters. The molecule has 0 aromatic heterocycles. The molecule has 2 bridgehead atoms. The summed E-state index contributed by atoms with van der Waals surface area (Å²) in [6.45, 7) is 1.60. The maximum atomic E-state index is 11.3. The Balaban J connectivity index is 1.58. The number of nitrogen functional groups attached to an aromatic ring is 1. The number of carboxylic acid groups (broad SMARTS) is 1. The molecule has 21 heavy (non-hydrogen) atoms. The Bertz CT molecular complexity index is 571. The number of fused-ring (bicyclic) bond motifs is 2. The van der Waals surface area contributed by atoms with Crippen molar-refractivity contribution in [1.29, 1.82) is 0 Å². The van der Waals surface area contributed by atoms with Crippen LogP contribution in [0.2, 0.25) is 0 Å². The first-order valence-corrected chi connectivity index (χ1v) is 7.79. The van der Waals surface area contributed by atoms with Gasteiger partial charge in [-0.25, -0.2) is 4.79 Å². The number of piperazine rings is 1. The van der Waals surface area contributed by atoms with E-state index < -0.39 is 6.09 Å². The largest absolute Gasteiger partial charge is 0.465 e. The Morgan fingerprint density at radius 3 is 2.38 bits per heavy atom. The smallest absolute Gasteiger partial charge is 0.407 e. The topological polar surface area (TPSA) is 69.8 Å². The van der Waals surface area contributed by atoms with Crippen molar-refractivity contribution < 1.29 is 9.90 Å². The van der Waals surface area contributed by atoms with E-state index in [0.29, 0.717) is 5.92 Å². The van der Waals surface area contributed by atoms with Gasteiger partial charge in [0.25, 0.3) is 0 Å². The highest BCUT2D eigenvalue weighted by Crippen LogP contribution is 2.44. The summed E-state index contributed by atoms with van der Waals surface area (Å²) in [5.74, 6) is 0.641. The predicted octanol–water partition coefficient (Wildman–Crippen LogP) is 2.48. The van der Waals surface area contributed by atoms with Gasteiger partial charge in [0.15, 0.2) is 0 Å². The second-order valence-electron chi connectivity index (χ2n) is 6.57. The van der Waals surface area contributed by atoms with E-state index in [9.17, 15) is 9.90 Å². The van der Waals surface area contributed by atoms with E-state index in [1.807, 2.05) is 6.07 Å². The lowest BCUT2D eigenvalue weighted by Crippen LogP contribution is -2.55. The first kappa shape index (κ1) is 12.8. The average molecular weight is 287 g/mol. The minimum absolute atomic E-state index is 0.142. The number of hydrogen-bond donors (Lipinski definition) is 2. The normalized spacial score (nSPS) is 28.0. The quantitative estimate of drug-likeness (QED) is 0.820. The fourth-order valence-corrected chi connectivity index (χ4v) is 3.93. The van der Waals surface area contributed by atoms with Crippen LogP contribution in [0.4, 0.5) is 16.2 Å². The summed E-state index contributed by atoms with van der Waals surface area (Å²) in [5, 5.41) is 9.33. The van der Waals surface area contributed by atoms with Crippen LogP contribution in [0.1, 0.15) is 37.2 Å². The molecule has 0 spiro atoms. The van der Waals surface area contributed by atoms with Crippen LogP contribution in [-0.4, -0.2) is 41.3 Å². The number of benzene rings is 1. The third-order valence-corrected chi connectivity index (χ3v) is 5.16. The molecule has 4 rings (SSSR count). The molecule has 2 saturated heterocycles. The zero-order valence-corrected chi connectivity index (χ0v) is 12.0. The molecule has 1 aromatic carbocycles. The Labute approximate surface area is 124 Å². The third-order valence-electron chi connectivity index (χ3n) is 5.16. The molecule has 3 fully saturated rings. The van der Waals surface area contributed by atoms with Crippen molar-refractivity contribution >= 4 is 17.5 Å². The first-order valence-electron chi connectivity index (χ1n) is 7.79. The summed E-state index contributed by atoms with van der Waals surface area (Å²) in [6.07, 6.45) is 3.69. The fourth-order valence-electron chi connectivity index (χ4n) is 3.93. The second-order valence-corrected chi connectivity index (χ2v) is 6.57. The molecule has 1 aliphatic carbocycles. The molecule has 0 radical (unpaired) electrons. The predicted molar refractivity (Wildman–Crippen MR) is 81.7 cm³/mol. The van der Waals surface area contributed by atoms with Crippen LogP contribution in [-0.2, 0) is 0 Å². The molecular weight excluding hydrogens is 266 g/mol. The molecule has 2 aliphatic heterocycles. The van der Waals surface area contributed by atoms with Crippen molar-refractivity contribution in [2.75, 3.05) is 23.7 Å². The van der Waals surface area contributed by atoms with Crippen LogP contribution >= 0.6 is 0 Å². The third kappa shape index (κ3) is 2.11. The van der Waals surface area contributed by atoms with Gasteiger partial charge in [-0.1, -0.05) is 0 Å². The van der Waals surface area contributed by atoms with E-state index in [2.05, 4.69) is 17.0 Å². The molecule has 1 amide bonds. The van der Waals surface area contributed by atoms with Gasteiger partial charge < -0.3 is 15.7 Å². The lowest BCUT2D eigenvalue weighted by molar-refractivity contribution is 0.115. The molecule has 1 aromatic rings. The van der Waals surface area contributed by atoms with Crippen LogP contribution in [0.3, 0.4) is 0 Å². The lowest BCUT2D eigenvalue weighted by Gasteiger charge is -2.40. The van der Waals surface area contributed by atoms with Crippen molar-refractivity contribution in [1.82, 2.24) is 4.90 Å². The number of nitrogens with two attached hydrogens (primary N) is 1. The van der Waals surface area contributed by atoms with E-state index >= 15 is 0 Å². The summed E-state index contributed by atoms with van der Waals surface area (Å²) in [4.78, 5) is 15.3. The zero-order valence-electron chi connectivity index (χ0n) is 12.0. The molecular formula is C16H21N3O2. The fraction of sp³-hybridized carbons (Fsp3) is 0.562. The summed E-state index contributed by atoms with van der Waals surface area (Å²) in [5.41, 5.74) is 9.46. The molecule has 2 heterocycles. The summed E-state index contributed by atoms with van der Waals surface area (Å²) in [6, 6.07) is 6.60. The van der Waals surface area contributed by atoms with Crippen LogP contribution < -0.4 is 10.6 Å². The van der Waals surface area contributed by atoms with Crippen molar-refractivity contribution in [3.8, 4) is 0 Å². The summed E-state index contributed by atoms with van der Waals surface area (Å²) < 4.78 is 0. The van der Waals surface area contributed by atoms with Gasteiger partial charge in [0.05, 0.1) is 12.1 Å². The molecule has 5 nitrogen and oxygen atoms in total. The van der Waals surface area contributed by atoms with Gasteiger partial charge in [-0.3, -0.25) is 4.90 Å². The van der Waals surface area contributed by atoms with Gasteiger partial charge in [-0.2, -0.15) is 0 Å². The zero-order chi connectivity index (χ0) is 14.6. The first-order chi connectivity index (χ1) is 10.1. The van der Waals surface area contributed by atoms with Gasteiger partial charge in [-0.05, 0) is 55.4 Å². The van der Waals surface area contributed by atoms with Crippen molar-refractivity contribution in [3.05, 3.63) is 23.8 Å². The number of hydrogen-bond acceptors (Lipinski definition) is 3. The Kier molecular flexibility index (Phi) is 2.77. The molecule has 3 aliphatic rings. The average Bonchev–Trinajstić information content (AvgIpc) is 3.25. The van der Waals surface area contributed by atoms with Crippen LogP contribution in [0, 0.1) is 0 Å². The Morgan fingerprint density at radius 2 is 1.81 bits per heavy atom. The van der Waals surface area contributed by atoms with Gasteiger partial charge in [0.1, 0.15) is 0 Å². The van der Waals surface area contributed by atoms with Crippen LogP contribution in [0.25, 0.3) is 0 Å². The SMILES string of the molecule is Nc1ccc(N2C[C@H]3CC[C@@H](C2)N3C(=O)O)cc1C1CC1. The number of anilines is 2. The molecule has 3 N–H and O–H groups in total.